The van der Waals surface area contributed by atoms with Gasteiger partial charge in [-0.25, -0.2) is 0 Å². The highest BCUT2D eigenvalue weighted by Crippen LogP contribution is 2.37. The van der Waals surface area contributed by atoms with E-state index in [1.807, 2.05) is 35.4 Å². The molecule has 0 saturated heterocycles. The number of H-pyrrole nitrogens is 1. The maximum absolute atomic E-state index is 12.8. The maximum Gasteiger partial charge on any atom is 0.275 e. The Labute approximate surface area is 156 Å². The smallest absolute Gasteiger partial charge is 0.275 e. The zero-order valence-electron chi connectivity index (χ0n) is 15.0. The van der Waals surface area contributed by atoms with Crippen LogP contribution in [0.4, 0.5) is 5.69 Å². The van der Waals surface area contributed by atoms with Crippen LogP contribution in [0.15, 0.2) is 54.4 Å². The van der Waals surface area contributed by atoms with Gasteiger partial charge in [-0.2, -0.15) is 0 Å². The van der Waals surface area contributed by atoms with E-state index in [9.17, 15) is 9.59 Å². The minimum Gasteiger partial charge on any atom is -0.361 e. The lowest BCUT2D eigenvalue weighted by molar-refractivity contribution is -0.123. The van der Waals surface area contributed by atoms with Gasteiger partial charge in [-0.05, 0) is 37.5 Å². The summed E-state index contributed by atoms with van der Waals surface area (Å²) >= 11 is 0. The van der Waals surface area contributed by atoms with Gasteiger partial charge in [0, 0.05) is 34.9 Å². The molecule has 2 aliphatic rings. The number of rotatable bonds is 2. The summed E-state index contributed by atoms with van der Waals surface area (Å²) in [5.74, 6) is -0.660. The van der Waals surface area contributed by atoms with E-state index in [4.69, 9.17) is 0 Å². The van der Waals surface area contributed by atoms with Crippen LogP contribution >= 0.6 is 0 Å². The number of nitrogens with zero attached hydrogens (tertiary/aromatic N) is 1. The van der Waals surface area contributed by atoms with Crippen molar-refractivity contribution < 1.29 is 9.59 Å². The summed E-state index contributed by atoms with van der Waals surface area (Å²) < 4.78 is 0. The molecule has 2 amide bonds. The molecule has 0 radical (unpaired) electrons. The number of carbonyl (C=O) groups is 2. The number of hydrogen-bond donors (Lipinski definition) is 2. The first-order chi connectivity index (χ1) is 13.1. The third kappa shape index (κ3) is 2.39. The van der Waals surface area contributed by atoms with E-state index in [2.05, 4.69) is 35.4 Å². The first-order valence-corrected chi connectivity index (χ1v) is 9.17. The quantitative estimate of drug-likeness (QED) is 0.692. The zero-order chi connectivity index (χ0) is 18.5. The number of aromatic amines is 1. The third-order valence-electron chi connectivity index (χ3n) is 5.39. The molecule has 134 valence electrons. The van der Waals surface area contributed by atoms with Crippen molar-refractivity contribution in [1.29, 1.82) is 0 Å². The van der Waals surface area contributed by atoms with Crippen molar-refractivity contribution in [3.05, 3.63) is 71.0 Å². The Morgan fingerprint density at radius 1 is 1.04 bits per heavy atom. The first-order valence-electron chi connectivity index (χ1n) is 9.17. The van der Waals surface area contributed by atoms with Gasteiger partial charge in [0.1, 0.15) is 5.70 Å². The average molecular weight is 357 g/mol. The van der Waals surface area contributed by atoms with Crippen LogP contribution in [0.5, 0.6) is 0 Å². The van der Waals surface area contributed by atoms with Gasteiger partial charge >= 0.3 is 0 Å². The Balaban J connectivity index is 1.74. The molecule has 2 aliphatic heterocycles. The lowest BCUT2D eigenvalue weighted by Crippen LogP contribution is -2.34. The number of hydrogen-bond acceptors (Lipinski definition) is 3. The summed E-state index contributed by atoms with van der Waals surface area (Å²) in [5.41, 5.74) is 6.06. The second-order valence-electron chi connectivity index (χ2n) is 7.14. The van der Waals surface area contributed by atoms with Gasteiger partial charge < -0.3 is 9.88 Å². The van der Waals surface area contributed by atoms with E-state index in [0.717, 1.165) is 41.5 Å². The lowest BCUT2D eigenvalue weighted by atomic mass is 9.97. The fourth-order valence-electron chi connectivity index (χ4n) is 4.19. The Kier molecular flexibility index (Phi) is 3.44. The first kappa shape index (κ1) is 15.9. The topological polar surface area (TPSA) is 65.2 Å². The van der Waals surface area contributed by atoms with Crippen LogP contribution in [0.1, 0.15) is 23.1 Å². The van der Waals surface area contributed by atoms with E-state index in [1.54, 1.807) is 0 Å². The second kappa shape index (κ2) is 5.84. The Hall–Kier alpha value is -3.34. The van der Waals surface area contributed by atoms with Crippen molar-refractivity contribution in [2.24, 2.45) is 0 Å². The van der Waals surface area contributed by atoms with Gasteiger partial charge in [-0.15, -0.1) is 0 Å². The number of imide groups is 1. The van der Waals surface area contributed by atoms with Gasteiger partial charge in [0.15, 0.2) is 0 Å². The van der Waals surface area contributed by atoms with Crippen LogP contribution in [-0.2, 0) is 16.0 Å². The van der Waals surface area contributed by atoms with Gasteiger partial charge in [-0.3, -0.25) is 14.9 Å². The molecular formula is C22H19N3O2. The van der Waals surface area contributed by atoms with E-state index in [1.165, 1.54) is 11.1 Å². The molecule has 27 heavy (non-hydrogen) atoms. The van der Waals surface area contributed by atoms with Crippen molar-refractivity contribution >= 4 is 34.0 Å². The predicted molar refractivity (Wildman–Crippen MR) is 105 cm³/mol. The average Bonchev–Trinajstić information content (AvgIpc) is 3.20. The van der Waals surface area contributed by atoms with Crippen molar-refractivity contribution in [3.8, 4) is 0 Å². The Morgan fingerprint density at radius 2 is 1.89 bits per heavy atom. The van der Waals surface area contributed by atoms with E-state index in [-0.39, 0.29) is 11.8 Å². The van der Waals surface area contributed by atoms with Gasteiger partial charge in [0.2, 0.25) is 0 Å². The number of anilines is 1. The lowest BCUT2D eigenvalue weighted by Gasteiger charge is -2.32. The largest absolute Gasteiger partial charge is 0.361 e. The molecule has 3 aromatic rings. The SMILES string of the molecule is Cc1ccc2c(c1)CCCN2C1=C(c2c[nH]c3ccccc23)C(=O)NC1=O. The summed E-state index contributed by atoms with van der Waals surface area (Å²) in [7, 11) is 0. The molecule has 0 aliphatic carbocycles. The zero-order valence-corrected chi connectivity index (χ0v) is 15.0. The van der Waals surface area contributed by atoms with Crippen LogP contribution in [0, 0.1) is 6.92 Å². The molecule has 0 spiro atoms. The third-order valence-corrected chi connectivity index (χ3v) is 5.39. The normalized spacial score (nSPS) is 16.9. The molecule has 0 fully saturated rings. The van der Waals surface area contributed by atoms with Gasteiger partial charge in [0.25, 0.3) is 11.8 Å². The van der Waals surface area contributed by atoms with Crippen molar-refractivity contribution in [2.45, 2.75) is 19.8 Å². The number of aromatic nitrogens is 1. The highest BCUT2D eigenvalue weighted by molar-refractivity contribution is 6.38. The minimum atomic E-state index is -0.334. The van der Waals surface area contributed by atoms with E-state index >= 15 is 0 Å². The van der Waals surface area contributed by atoms with Gasteiger partial charge in [0.05, 0.1) is 5.57 Å². The highest BCUT2D eigenvalue weighted by atomic mass is 16.2. The number of amides is 2. The van der Waals surface area contributed by atoms with Gasteiger partial charge in [-0.1, -0.05) is 35.9 Å². The van der Waals surface area contributed by atoms with Crippen LogP contribution in [0.2, 0.25) is 0 Å². The molecule has 0 saturated carbocycles. The molecule has 2 aromatic carbocycles. The van der Waals surface area contributed by atoms with E-state index in [0.29, 0.717) is 11.3 Å². The second-order valence-corrected chi connectivity index (χ2v) is 7.14. The predicted octanol–water partition coefficient (Wildman–Crippen LogP) is 3.30. The van der Waals surface area contributed by atoms with Crippen LogP contribution in [0.3, 0.4) is 0 Å². The number of para-hydroxylation sites is 1. The fraction of sp³-hybridized carbons (Fsp3) is 0.182. The van der Waals surface area contributed by atoms with Crippen LogP contribution in [-0.4, -0.2) is 23.3 Å². The van der Waals surface area contributed by atoms with Crippen molar-refractivity contribution in [1.82, 2.24) is 10.3 Å². The molecule has 1 aromatic heterocycles. The number of aryl methyl sites for hydroxylation is 2. The Morgan fingerprint density at radius 3 is 2.78 bits per heavy atom. The van der Waals surface area contributed by atoms with E-state index < -0.39 is 0 Å². The number of carbonyl (C=O) groups excluding carboxylic acids is 2. The summed E-state index contributed by atoms with van der Waals surface area (Å²) in [4.78, 5) is 30.7. The summed E-state index contributed by atoms with van der Waals surface area (Å²) in [5, 5.41) is 3.44. The molecule has 0 atom stereocenters. The molecule has 5 heteroatoms. The molecule has 2 N–H and O–H groups in total. The molecule has 5 nitrogen and oxygen atoms in total. The summed E-state index contributed by atoms with van der Waals surface area (Å²) in [6.07, 6.45) is 3.75. The molecule has 5 rings (SSSR count). The van der Waals surface area contributed by atoms with Crippen LogP contribution < -0.4 is 10.2 Å². The van der Waals surface area contributed by atoms with Crippen molar-refractivity contribution in [2.75, 3.05) is 11.4 Å². The molecule has 0 bridgehead atoms. The highest BCUT2D eigenvalue weighted by Gasteiger charge is 2.37. The molecule has 3 heterocycles. The minimum absolute atomic E-state index is 0.325. The number of fused-ring (bicyclic) bond motifs is 2. The summed E-state index contributed by atoms with van der Waals surface area (Å²) in [6, 6.07) is 14.1. The molecular weight excluding hydrogens is 338 g/mol. The monoisotopic (exact) mass is 357 g/mol. The molecule has 0 unspecified atom stereocenters. The standard InChI is InChI=1S/C22H19N3O2/c1-13-8-9-18-14(11-13)5-4-10-25(18)20-19(21(26)24-22(20)27)16-12-23-17-7-3-2-6-15(16)17/h2-3,6-9,11-12,23H,4-5,10H2,1H3,(H,24,26,27). The fourth-order valence-corrected chi connectivity index (χ4v) is 4.19. The number of nitrogens with one attached hydrogen (secondary N) is 2. The number of benzene rings is 2. The van der Waals surface area contributed by atoms with Crippen LogP contribution in [0.25, 0.3) is 16.5 Å². The maximum atomic E-state index is 12.8. The van der Waals surface area contributed by atoms with Crippen molar-refractivity contribution in [3.63, 3.8) is 0 Å². The summed E-state index contributed by atoms with van der Waals surface area (Å²) in [6.45, 7) is 2.79. The Bertz CT molecular complexity index is 1140.